The summed E-state index contributed by atoms with van der Waals surface area (Å²) in [5.41, 5.74) is 7.17. The number of piperazine rings is 1. The van der Waals surface area contributed by atoms with E-state index < -0.39 is 0 Å². The lowest BCUT2D eigenvalue weighted by atomic mass is 10.3. The minimum atomic E-state index is 0.0717. The largest absolute Gasteiger partial charge is 0.392 e. The third-order valence-corrected chi connectivity index (χ3v) is 3.57. The van der Waals surface area contributed by atoms with Crippen LogP contribution in [0.15, 0.2) is 11.7 Å². The topological polar surface area (TPSA) is 62.5 Å². The van der Waals surface area contributed by atoms with E-state index >= 15 is 0 Å². The normalized spacial score (nSPS) is 17.1. The van der Waals surface area contributed by atoms with Gasteiger partial charge in [0.25, 0.3) is 5.91 Å². The standard InChI is InChI=1S/C10H14N4OS2/c11-9(16)6-13-1-3-14(4-2-13)10(15)8-5-12-7-17-8/h5,7H,1-4,6H2,(H2,11,16). The Bertz CT molecular complexity index is 398. The van der Waals surface area contributed by atoms with Gasteiger partial charge in [-0.1, -0.05) is 12.2 Å². The Labute approximate surface area is 109 Å². The second-order valence-corrected chi connectivity index (χ2v) is 5.31. The van der Waals surface area contributed by atoms with Crippen molar-refractivity contribution in [2.75, 3.05) is 32.7 Å². The highest BCUT2D eigenvalue weighted by Gasteiger charge is 2.22. The predicted octanol–water partition coefficient (Wildman–Crippen LogP) is 0.187. The van der Waals surface area contributed by atoms with E-state index in [1.54, 1.807) is 11.7 Å². The zero-order chi connectivity index (χ0) is 12.3. The van der Waals surface area contributed by atoms with Crippen LogP contribution in [-0.2, 0) is 0 Å². The second-order valence-electron chi connectivity index (χ2n) is 3.90. The molecule has 7 heteroatoms. The first-order valence-corrected chi connectivity index (χ1v) is 6.64. The summed E-state index contributed by atoms with van der Waals surface area (Å²) in [6.07, 6.45) is 1.62. The van der Waals surface area contributed by atoms with Crippen LogP contribution < -0.4 is 5.73 Å². The Morgan fingerprint density at radius 3 is 2.71 bits per heavy atom. The van der Waals surface area contributed by atoms with Crippen molar-refractivity contribution in [2.24, 2.45) is 5.73 Å². The van der Waals surface area contributed by atoms with Gasteiger partial charge in [0.15, 0.2) is 0 Å². The molecule has 1 aliphatic heterocycles. The van der Waals surface area contributed by atoms with E-state index in [-0.39, 0.29) is 5.91 Å². The highest BCUT2D eigenvalue weighted by Crippen LogP contribution is 2.11. The van der Waals surface area contributed by atoms with Crippen molar-refractivity contribution in [1.82, 2.24) is 14.8 Å². The van der Waals surface area contributed by atoms with E-state index in [2.05, 4.69) is 9.88 Å². The molecule has 0 aromatic carbocycles. The van der Waals surface area contributed by atoms with Crippen LogP contribution in [0.2, 0.25) is 0 Å². The molecule has 1 amide bonds. The first kappa shape index (κ1) is 12.4. The van der Waals surface area contributed by atoms with E-state index in [1.165, 1.54) is 11.3 Å². The molecule has 2 N–H and O–H groups in total. The number of thiocarbonyl (C=S) groups is 1. The maximum Gasteiger partial charge on any atom is 0.265 e. The number of nitrogens with two attached hydrogens (primary N) is 1. The van der Waals surface area contributed by atoms with Crippen LogP contribution in [0.1, 0.15) is 9.67 Å². The molecule has 1 aromatic rings. The molecule has 92 valence electrons. The van der Waals surface area contributed by atoms with Crippen LogP contribution in [-0.4, -0.2) is 58.4 Å². The fraction of sp³-hybridized carbons (Fsp3) is 0.500. The number of rotatable bonds is 3. The summed E-state index contributed by atoms with van der Waals surface area (Å²) in [5, 5.41) is 0. The molecule has 2 rings (SSSR count). The molecule has 0 unspecified atom stereocenters. The molecule has 5 nitrogen and oxygen atoms in total. The molecule has 17 heavy (non-hydrogen) atoms. The summed E-state index contributed by atoms with van der Waals surface area (Å²) in [5.74, 6) is 0.0717. The molecule has 0 bridgehead atoms. The van der Waals surface area contributed by atoms with Crippen LogP contribution in [0.3, 0.4) is 0 Å². The lowest BCUT2D eigenvalue weighted by molar-refractivity contribution is 0.0659. The van der Waals surface area contributed by atoms with E-state index in [1.807, 2.05) is 4.90 Å². The summed E-state index contributed by atoms with van der Waals surface area (Å²) < 4.78 is 0. The molecule has 2 heterocycles. The lowest BCUT2D eigenvalue weighted by Gasteiger charge is -2.34. The minimum absolute atomic E-state index is 0.0717. The first-order valence-electron chi connectivity index (χ1n) is 5.35. The van der Waals surface area contributed by atoms with Gasteiger partial charge in [-0.3, -0.25) is 14.7 Å². The number of hydrogen-bond donors (Lipinski definition) is 1. The minimum Gasteiger partial charge on any atom is -0.392 e. The Balaban J connectivity index is 1.87. The molecule has 0 radical (unpaired) electrons. The molecule has 0 saturated carbocycles. The number of aromatic nitrogens is 1. The van der Waals surface area contributed by atoms with Gasteiger partial charge in [-0.2, -0.15) is 0 Å². The van der Waals surface area contributed by atoms with E-state index in [4.69, 9.17) is 18.0 Å². The average molecular weight is 270 g/mol. The molecular weight excluding hydrogens is 256 g/mol. The van der Waals surface area contributed by atoms with Gasteiger partial charge in [-0.15, -0.1) is 11.3 Å². The van der Waals surface area contributed by atoms with Gasteiger partial charge in [0.1, 0.15) is 4.88 Å². The highest BCUT2D eigenvalue weighted by molar-refractivity contribution is 7.80. The van der Waals surface area contributed by atoms with Gasteiger partial charge in [0.05, 0.1) is 16.7 Å². The Hall–Kier alpha value is -1.05. The Morgan fingerprint density at radius 2 is 2.18 bits per heavy atom. The zero-order valence-electron chi connectivity index (χ0n) is 9.33. The van der Waals surface area contributed by atoms with E-state index in [0.29, 0.717) is 16.4 Å². The lowest BCUT2D eigenvalue weighted by Crippen LogP contribution is -2.50. The number of nitrogens with zero attached hydrogens (tertiary/aromatic N) is 3. The first-order chi connectivity index (χ1) is 8.16. The van der Waals surface area contributed by atoms with Gasteiger partial charge in [0, 0.05) is 32.7 Å². The molecule has 0 aliphatic carbocycles. The van der Waals surface area contributed by atoms with Crippen LogP contribution in [0, 0.1) is 0 Å². The maximum absolute atomic E-state index is 12.0. The summed E-state index contributed by atoms with van der Waals surface area (Å²) in [6, 6.07) is 0. The van der Waals surface area contributed by atoms with Gasteiger partial charge in [0.2, 0.25) is 0 Å². The molecule has 1 aliphatic rings. The predicted molar refractivity (Wildman–Crippen MR) is 71.2 cm³/mol. The Morgan fingerprint density at radius 1 is 1.47 bits per heavy atom. The summed E-state index contributed by atoms with van der Waals surface area (Å²) in [7, 11) is 0. The number of carbonyl (C=O) groups is 1. The van der Waals surface area contributed by atoms with Gasteiger partial charge in [-0.05, 0) is 0 Å². The van der Waals surface area contributed by atoms with Crippen molar-refractivity contribution < 1.29 is 4.79 Å². The third kappa shape index (κ3) is 3.21. The summed E-state index contributed by atoms with van der Waals surface area (Å²) in [4.78, 5) is 21.2. The summed E-state index contributed by atoms with van der Waals surface area (Å²) in [6.45, 7) is 3.72. The number of amides is 1. The van der Waals surface area contributed by atoms with Crippen LogP contribution in [0.5, 0.6) is 0 Å². The van der Waals surface area contributed by atoms with E-state index in [9.17, 15) is 4.79 Å². The van der Waals surface area contributed by atoms with Crippen LogP contribution in [0.25, 0.3) is 0 Å². The monoisotopic (exact) mass is 270 g/mol. The van der Waals surface area contributed by atoms with Crippen LogP contribution >= 0.6 is 23.6 Å². The summed E-state index contributed by atoms with van der Waals surface area (Å²) >= 11 is 6.25. The number of carbonyl (C=O) groups excluding carboxylic acids is 1. The molecule has 1 fully saturated rings. The number of hydrogen-bond acceptors (Lipinski definition) is 5. The van der Waals surface area contributed by atoms with Gasteiger partial charge < -0.3 is 10.6 Å². The molecular formula is C10H14N4OS2. The SMILES string of the molecule is NC(=S)CN1CCN(C(=O)c2cncs2)CC1. The molecule has 0 atom stereocenters. The second kappa shape index (κ2) is 5.52. The van der Waals surface area contributed by atoms with Crippen molar-refractivity contribution in [3.63, 3.8) is 0 Å². The van der Waals surface area contributed by atoms with Gasteiger partial charge in [-0.25, -0.2) is 0 Å². The molecule has 1 aromatic heterocycles. The van der Waals surface area contributed by atoms with E-state index in [0.717, 1.165) is 26.2 Å². The van der Waals surface area contributed by atoms with Crippen LogP contribution in [0.4, 0.5) is 0 Å². The van der Waals surface area contributed by atoms with Crippen molar-refractivity contribution >= 4 is 34.5 Å². The van der Waals surface area contributed by atoms with Crippen molar-refractivity contribution in [2.45, 2.75) is 0 Å². The van der Waals surface area contributed by atoms with Crippen molar-refractivity contribution in [3.8, 4) is 0 Å². The maximum atomic E-state index is 12.0. The highest BCUT2D eigenvalue weighted by atomic mass is 32.1. The molecule has 0 spiro atoms. The van der Waals surface area contributed by atoms with Crippen molar-refractivity contribution in [1.29, 1.82) is 0 Å². The third-order valence-electron chi connectivity index (χ3n) is 2.68. The zero-order valence-corrected chi connectivity index (χ0v) is 11.0. The van der Waals surface area contributed by atoms with Crippen molar-refractivity contribution in [3.05, 3.63) is 16.6 Å². The fourth-order valence-electron chi connectivity index (χ4n) is 1.81. The molecule has 1 saturated heterocycles. The quantitative estimate of drug-likeness (QED) is 0.794. The van der Waals surface area contributed by atoms with Gasteiger partial charge >= 0.3 is 0 Å². The number of thiazole rings is 1. The Kier molecular flexibility index (Phi) is 4.03. The fourth-order valence-corrected chi connectivity index (χ4v) is 2.58. The smallest absolute Gasteiger partial charge is 0.265 e. The average Bonchev–Trinajstić information content (AvgIpc) is 2.82.